The van der Waals surface area contributed by atoms with E-state index in [1.54, 1.807) is 6.20 Å². The third-order valence-electron chi connectivity index (χ3n) is 5.46. The van der Waals surface area contributed by atoms with Crippen LogP contribution in [0.3, 0.4) is 0 Å². The van der Waals surface area contributed by atoms with Crippen molar-refractivity contribution >= 4 is 21.4 Å². The average molecular weight is 473 g/mol. The first kappa shape index (κ1) is 22.8. The van der Waals surface area contributed by atoms with Gasteiger partial charge in [-0.15, -0.1) is 0 Å². The smallest absolute Gasteiger partial charge is 0.280 e. The fourth-order valence-electron chi connectivity index (χ4n) is 4.04. The largest absolute Gasteiger partial charge is 0.429 e. The van der Waals surface area contributed by atoms with Crippen molar-refractivity contribution in [2.75, 3.05) is 13.1 Å². The average Bonchev–Trinajstić information content (AvgIpc) is 3.19. The Labute approximate surface area is 193 Å². The normalized spacial score (nSPS) is 15.2. The molecule has 170 valence electrons. The highest BCUT2D eigenvalue weighted by molar-refractivity contribution is 7.91. The molecule has 0 unspecified atom stereocenters. The van der Waals surface area contributed by atoms with Gasteiger partial charge in [0.25, 0.3) is 5.19 Å². The lowest BCUT2D eigenvalue weighted by atomic mass is 9.94. The summed E-state index contributed by atoms with van der Waals surface area (Å²) in [6, 6.07) is 10.2. The maximum atomic E-state index is 12.2. The second-order valence-corrected chi connectivity index (χ2v) is 11.2. The molecular weight excluding hydrogens is 444 g/mol. The van der Waals surface area contributed by atoms with Crippen LogP contribution in [0.1, 0.15) is 43.9 Å². The molecule has 0 spiro atoms. The van der Waals surface area contributed by atoms with E-state index in [1.165, 1.54) is 5.56 Å². The quantitative estimate of drug-likeness (QED) is 0.531. The molecule has 3 aromatic rings. The predicted molar refractivity (Wildman–Crippen MR) is 127 cm³/mol. The maximum Gasteiger partial charge on any atom is 0.280 e. The summed E-state index contributed by atoms with van der Waals surface area (Å²) in [5.41, 5.74) is 3.82. The van der Waals surface area contributed by atoms with E-state index in [2.05, 4.69) is 41.3 Å². The molecule has 1 aromatic carbocycles. The molecule has 0 aliphatic carbocycles. The summed E-state index contributed by atoms with van der Waals surface area (Å²) in [5, 5.41) is 9.03. The molecule has 4 rings (SSSR count). The molecule has 0 saturated carbocycles. The number of aromatic nitrogens is 2. The Balaban J connectivity index is 1.64. The Morgan fingerprint density at radius 1 is 1.22 bits per heavy atom. The first-order valence-electron chi connectivity index (χ1n) is 10.8. The van der Waals surface area contributed by atoms with E-state index in [9.17, 15) is 8.42 Å². The summed E-state index contributed by atoms with van der Waals surface area (Å²) in [6.07, 6.45) is 6.01. The number of hydrogen-bond donors (Lipinski definition) is 2. The number of thiazole rings is 1. The van der Waals surface area contributed by atoms with Crippen molar-refractivity contribution in [3.63, 3.8) is 0 Å². The van der Waals surface area contributed by atoms with Gasteiger partial charge in [-0.1, -0.05) is 49.4 Å². The van der Waals surface area contributed by atoms with Gasteiger partial charge in [-0.2, -0.15) is 0 Å². The summed E-state index contributed by atoms with van der Waals surface area (Å²) < 4.78 is 30.4. The maximum absolute atomic E-state index is 12.2. The molecule has 1 aliphatic heterocycles. The van der Waals surface area contributed by atoms with Crippen LogP contribution in [0.4, 0.5) is 0 Å². The van der Waals surface area contributed by atoms with Crippen molar-refractivity contribution in [3.8, 4) is 22.1 Å². The summed E-state index contributed by atoms with van der Waals surface area (Å²) >= 11 is 0.974. The highest BCUT2D eigenvalue weighted by Gasteiger charge is 2.28. The second kappa shape index (κ2) is 9.66. The zero-order valence-electron chi connectivity index (χ0n) is 18.2. The van der Waals surface area contributed by atoms with Gasteiger partial charge in [-0.05, 0) is 55.5 Å². The van der Waals surface area contributed by atoms with Crippen molar-refractivity contribution in [2.24, 2.45) is 11.1 Å². The molecule has 1 aliphatic rings. The zero-order valence-corrected chi connectivity index (χ0v) is 19.9. The third-order valence-corrected chi connectivity index (χ3v) is 7.88. The van der Waals surface area contributed by atoms with Crippen LogP contribution in [0.5, 0.6) is 10.9 Å². The van der Waals surface area contributed by atoms with Crippen LogP contribution in [-0.4, -0.2) is 31.5 Å². The number of nitrogens with two attached hydrogens (primary N) is 1. The SMILES string of the molecule is CC(C)Cc1ccccc1-c1cncc(Oc2nc(C3CCNCC3)c(S(N)(=O)=O)s2)c1. The van der Waals surface area contributed by atoms with Crippen LogP contribution in [0.2, 0.25) is 0 Å². The Bertz CT molecular complexity index is 1190. The van der Waals surface area contributed by atoms with E-state index in [1.807, 2.05) is 24.4 Å². The Hall–Kier alpha value is -2.33. The topological polar surface area (TPSA) is 107 Å². The molecule has 0 radical (unpaired) electrons. The fourth-order valence-corrected chi connectivity index (χ4v) is 5.98. The molecule has 3 heterocycles. The number of nitrogens with zero attached hydrogens (tertiary/aromatic N) is 2. The van der Waals surface area contributed by atoms with Gasteiger partial charge in [-0.3, -0.25) is 4.98 Å². The Morgan fingerprint density at radius 3 is 2.69 bits per heavy atom. The minimum atomic E-state index is -3.88. The number of nitrogens with one attached hydrogen (secondary N) is 1. The molecule has 0 atom stereocenters. The summed E-state index contributed by atoms with van der Waals surface area (Å²) in [7, 11) is -3.88. The molecule has 1 fully saturated rings. The van der Waals surface area contributed by atoms with E-state index < -0.39 is 10.0 Å². The number of benzene rings is 1. The Morgan fingerprint density at radius 2 is 1.97 bits per heavy atom. The third kappa shape index (κ3) is 5.35. The predicted octanol–water partition coefficient (Wildman–Crippen LogP) is 4.31. The first-order chi connectivity index (χ1) is 15.3. The van der Waals surface area contributed by atoms with Gasteiger partial charge in [0.15, 0.2) is 4.21 Å². The molecule has 0 bridgehead atoms. The van der Waals surface area contributed by atoms with Gasteiger partial charge in [0.2, 0.25) is 10.0 Å². The van der Waals surface area contributed by atoms with Crippen LogP contribution in [0.25, 0.3) is 11.1 Å². The van der Waals surface area contributed by atoms with Crippen molar-refractivity contribution in [1.82, 2.24) is 15.3 Å². The number of ether oxygens (including phenoxy) is 1. The van der Waals surface area contributed by atoms with Crippen LogP contribution < -0.4 is 15.2 Å². The lowest BCUT2D eigenvalue weighted by Gasteiger charge is -2.21. The van der Waals surface area contributed by atoms with E-state index in [4.69, 9.17) is 9.88 Å². The summed E-state index contributed by atoms with van der Waals surface area (Å²) in [5.74, 6) is 1.09. The van der Waals surface area contributed by atoms with Gasteiger partial charge in [-0.25, -0.2) is 18.5 Å². The molecule has 7 nitrogen and oxygen atoms in total. The van der Waals surface area contributed by atoms with Crippen LogP contribution in [0.15, 0.2) is 46.9 Å². The number of pyridine rings is 1. The minimum absolute atomic E-state index is 0.0468. The molecule has 3 N–H and O–H groups in total. The molecule has 1 saturated heterocycles. The van der Waals surface area contributed by atoms with Gasteiger partial charge < -0.3 is 10.1 Å². The summed E-state index contributed by atoms with van der Waals surface area (Å²) in [4.78, 5) is 8.88. The van der Waals surface area contributed by atoms with Crippen molar-refractivity contribution in [2.45, 2.75) is 43.2 Å². The van der Waals surface area contributed by atoms with E-state index in [0.29, 0.717) is 17.4 Å². The molecule has 9 heteroatoms. The molecule has 32 heavy (non-hydrogen) atoms. The highest BCUT2D eigenvalue weighted by atomic mass is 32.2. The van der Waals surface area contributed by atoms with Crippen LogP contribution in [0, 0.1) is 5.92 Å². The molecule has 0 amide bonds. The zero-order chi connectivity index (χ0) is 22.7. The lowest BCUT2D eigenvalue weighted by Crippen LogP contribution is -2.27. The number of hydrogen-bond acceptors (Lipinski definition) is 7. The van der Waals surface area contributed by atoms with Crippen LogP contribution in [-0.2, 0) is 16.4 Å². The van der Waals surface area contributed by atoms with Gasteiger partial charge in [0.05, 0.1) is 11.9 Å². The van der Waals surface area contributed by atoms with E-state index in [-0.39, 0.29) is 15.3 Å². The van der Waals surface area contributed by atoms with Gasteiger partial charge >= 0.3 is 0 Å². The van der Waals surface area contributed by atoms with Crippen molar-refractivity contribution in [1.29, 1.82) is 0 Å². The second-order valence-electron chi connectivity index (χ2n) is 8.49. The lowest BCUT2D eigenvalue weighted by molar-refractivity contribution is 0.439. The standard InChI is InChI=1S/C23H28N4O3S2/c1-15(2)11-17-5-3-4-6-20(17)18-12-19(14-26-13-18)30-23-27-21(16-7-9-25-10-8-16)22(31-23)32(24,28)29/h3-6,12-16,25H,7-11H2,1-2H3,(H2,24,28,29). The summed E-state index contributed by atoms with van der Waals surface area (Å²) in [6.45, 7) is 6.04. The van der Waals surface area contributed by atoms with Crippen molar-refractivity contribution in [3.05, 3.63) is 54.0 Å². The van der Waals surface area contributed by atoms with Crippen molar-refractivity contribution < 1.29 is 13.2 Å². The fraction of sp³-hybridized carbons (Fsp3) is 0.391. The van der Waals surface area contributed by atoms with Gasteiger partial charge in [0, 0.05) is 17.7 Å². The Kier molecular flexibility index (Phi) is 6.90. The molecular formula is C23H28N4O3S2. The number of primary sulfonamides is 1. The monoisotopic (exact) mass is 472 g/mol. The number of sulfonamides is 1. The highest BCUT2D eigenvalue weighted by Crippen LogP contribution is 2.38. The van der Waals surface area contributed by atoms with Gasteiger partial charge in [0.1, 0.15) is 5.75 Å². The van der Waals surface area contributed by atoms with Crippen LogP contribution >= 0.6 is 11.3 Å². The van der Waals surface area contributed by atoms with E-state index >= 15 is 0 Å². The molecule has 2 aromatic heterocycles. The number of rotatable bonds is 7. The minimum Gasteiger partial charge on any atom is -0.429 e. The first-order valence-corrected chi connectivity index (χ1v) is 13.1. The van der Waals surface area contributed by atoms with E-state index in [0.717, 1.165) is 54.8 Å². The number of piperidine rings is 1.